The number of para-hydroxylation sites is 3. The fraction of sp³-hybridized carbons (Fsp3) is 0.300. The summed E-state index contributed by atoms with van der Waals surface area (Å²) < 4.78 is 11.5. The first-order valence-electron chi connectivity index (χ1n) is 12.3. The van der Waals surface area contributed by atoms with Crippen LogP contribution in [0.5, 0.6) is 11.5 Å². The molecule has 1 heterocycles. The van der Waals surface area contributed by atoms with Gasteiger partial charge in [-0.2, -0.15) is 0 Å². The first kappa shape index (κ1) is 23.0. The van der Waals surface area contributed by atoms with Crippen LogP contribution in [0.25, 0.3) is 0 Å². The summed E-state index contributed by atoms with van der Waals surface area (Å²) in [6, 6.07) is 24.0. The normalized spacial score (nSPS) is 19.3. The average molecular weight is 469 g/mol. The lowest BCUT2D eigenvalue weighted by atomic mass is 9.78. The Bertz CT molecular complexity index is 1250. The maximum absolute atomic E-state index is 13.7. The third-order valence-corrected chi connectivity index (χ3v) is 6.69. The number of Topliss-reactive ketones (excluding diaryl/α,β-unsaturated/α-hetero) is 1. The zero-order valence-corrected chi connectivity index (χ0v) is 20.5. The first-order valence-corrected chi connectivity index (χ1v) is 12.3. The fourth-order valence-electron chi connectivity index (χ4n) is 4.97. The van der Waals surface area contributed by atoms with Gasteiger partial charge in [0.1, 0.15) is 11.5 Å². The van der Waals surface area contributed by atoms with E-state index in [2.05, 4.69) is 36.6 Å². The summed E-state index contributed by atoms with van der Waals surface area (Å²) >= 11 is 0. The number of carbonyl (C=O) groups excluding carboxylic acids is 1. The molecule has 180 valence electrons. The number of nitrogens with one attached hydrogen (secondary N) is 2. The Morgan fingerprint density at radius 1 is 0.914 bits per heavy atom. The van der Waals surface area contributed by atoms with Crippen molar-refractivity contribution in [3.8, 4) is 11.5 Å². The molecule has 0 amide bonds. The highest BCUT2D eigenvalue weighted by molar-refractivity contribution is 6.01. The Balaban J connectivity index is 1.50. The number of rotatable bonds is 6. The van der Waals surface area contributed by atoms with Crippen molar-refractivity contribution >= 4 is 17.2 Å². The number of hydrogen-bond donors (Lipinski definition) is 2. The number of allylic oxidation sites excluding steroid dienone is 1. The summed E-state index contributed by atoms with van der Waals surface area (Å²) in [6.45, 7) is 4.97. The van der Waals surface area contributed by atoms with E-state index < -0.39 is 0 Å². The van der Waals surface area contributed by atoms with Gasteiger partial charge in [0, 0.05) is 23.3 Å². The van der Waals surface area contributed by atoms with Crippen LogP contribution < -0.4 is 20.1 Å². The van der Waals surface area contributed by atoms with Gasteiger partial charge in [-0.3, -0.25) is 4.79 Å². The summed E-state index contributed by atoms with van der Waals surface area (Å²) in [6.07, 6.45) is 1.23. The molecule has 2 unspecified atom stereocenters. The molecule has 2 N–H and O–H groups in total. The topological polar surface area (TPSA) is 59.6 Å². The summed E-state index contributed by atoms with van der Waals surface area (Å²) in [5.41, 5.74) is 5.82. The van der Waals surface area contributed by atoms with Crippen LogP contribution in [0.3, 0.4) is 0 Å². The highest BCUT2D eigenvalue weighted by Crippen LogP contribution is 2.45. The zero-order valence-electron chi connectivity index (χ0n) is 20.5. The monoisotopic (exact) mass is 468 g/mol. The van der Waals surface area contributed by atoms with Gasteiger partial charge in [-0.1, -0.05) is 56.3 Å². The molecule has 0 saturated heterocycles. The molecule has 2 atom stereocenters. The van der Waals surface area contributed by atoms with E-state index in [9.17, 15) is 4.79 Å². The van der Waals surface area contributed by atoms with Crippen LogP contribution in [0.1, 0.15) is 49.8 Å². The van der Waals surface area contributed by atoms with Crippen molar-refractivity contribution in [2.45, 2.75) is 38.6 Å². The number of ether oxygens (including phenoxy) is 2. The van der Waals surface area contributed by atoms with E-state index in [1.807, 2.05) is 60.7 Å². The van der Waals surface area contributed by atoms with Crippen molar-refractivity contribution in [2.24, 2.45) is 5.92 Å². The minimum absolute atomic E-state index is 0.108. The van der Waals surface area contributed by atoms with E-state index in [1.54, 1.807) is 7.11 Å². The van der Waals surface area contributed by atoms with E-state index >= 15 is 0 Å². The highest BCUT2D eigenvalue weighted by Gasteiger charge is 2.37. The molecule has 0 radical (unpaired) electrons. The van der Waals surface area contributed by atoms with Crippen LogP contribution in [-0.4, -0.2) is 19.5 Å². The van der Waals surface area contributed by atoms with Crippen LogP contribution in [0.4, 0.5) is 11.4 Å². The third kappa shape index (κ3) is 4.76. The Hall–Kier alpha value is -3.73. The first-order chi connectivity index (χ1) is 17.0. The lowest BCUT2D eigenvalue weighted by Gasteiger charge is -2.30. The highest BCUT2D eigenvalue weighted by atomic mass is 16.5. The molecule has 5 nitrogen and oxygen atoms in total. The standard InChI is InChI=1S/C30H32N2O3/c1-19(2)18-35-22-14-12-20(13-15-22)21-16-26-29(27(33)17-21)30(23-8-4-7-11-28(23)34-3)32-25-10-6-5-9-24(25)31-26/h4-15,19,21,30-32H,16-18H2,1-3H3. The second-order valence-corrected chi connectivity index (χ2v) is 9.68. The molecular weight excluding hydrogens is 436 g/mol. The molecular formula is C30H32N2O3. The van der Waals surface area contributed by atoms with Gasteiger partial charge >= 0.3 is 0 Å². The molecule has 0 aromatic heterocycles. The van der Waals surface area contributed by atoms with Gasteiger partial charge in [0.25, 0.3) is 0 Å². The fourth-order valence-corrected chi connectivity index (χ4v) is 4.97. The molecule has 0 saturated carbocycles. The van der Waals surface area contributed by atoms with E-state index in [0.717, 1.165) is 51.7 Å². The molecule has 35 heavy (non-hydrogen) atoms. The van der Waals surface area contributed by atoms with Gasteiger partial charge < -0.3 is 20.1 Å². The van der Waals surface area contributed by atoms with E-state index in [0.29, 0.717) is 18.9 Å². The second kappa shape index (κ2) is 9.87. The molecule has 0 bridgehead atoms. The maximum atomic E-state index is 13.7. The van der Waals surface area contributed by atoms with Gasteiger partial charge in [-0.05, 0) is 54.2 Å². The molecule has 0 spiro atoms. The van der Waals surface area contributed by atoms with Crippen molar-refractivity contribution in [3.63, 3.8) is 0 Å². The van der Waals surface area contributed by atoms with E-state index in [-0.39, 0.29) is 17.7 Å². The number of ketones is 1. The Kier molecular flexibility index (Phi) is 6.49. The third-order valence-electron chi connectivity index (χ3n) is 6.69. The molecule has 3 aromatic carbocycles. The summed E-state index contributed by atoms with van der Waals surface area (Å²) in [5.74, 6) is 2.37. The molecule has 0 fully saturated rings. The number of anilines is 2. The summed E-state index contributed by atoms with van der Waals surface area (Å²) in [4.78, 5) is 13.7. The molecule has 1 aliphatic carbocycles. The lowest BCUT2D eigenvalue weighted by Crippen LogP contribution is -2.27. The summed E-state index contributed by atoms with van der Waals surface area (Å²) in [7, 11) is 1.67. The molecule has 3 aromatic rings. The Morgan fingerprint density at radius 2 is 1.63 bits per heavy atom. The maximum Gasteiger partial charge on any atom is 0.163 e. The molecule has 1 aliphatic heterocycles. The van der Waals surface area contributed by atoms with Gasteiger partial charge in [-0.15, -0.1) is 0 Å². The SMILES string of the molecule is COc1ccccc1C1Nc2ccccc2NC2=C1C(=O)CC(c1ccc(OCC(C)C)cc1)C2. The van der Waals surface area contributed by atoms with Gasteiger partial charge in [-0.25, -0.2) is 0 Å². The van der Waals surface area contributed by atoms with Gasteiger partial charge in [0.05, 0.1) is 31.1 Å². The van der Waals surface area contributed by atoms with Crippen LogP contribution in [0.2, 0.25) is 0 Å². The Morgan fingerprint density at radius 3 is 2.37 bits per heavy atom. The van der Waals surface area contributed by atoms with Gasteiger partial charge in [0.2, 0.25) is 0 Å². The van der Waals surface area contributed by atoms with Crippen molar-refractivity contribution in [1.29, 1.82) is 0 Å². The number of hydrogen-bond acceptors (Lipinski definition) is 5. The minimum Gasteiger partial charge on any atom is -0.496 e. The smallest absolute Gasteiger partial charge is 0.163 e. The number of benzene rings is 3. The quantitative estimate of drug-likeness (QED) is 0.421. The van der Waals surface area contributed by atoms with Crippen molar-refractivity contribution < 1.29 is 14.3 Å². The largest absolute Gasteiger partial charge is 0.496 e. The average Bonchev–Trinajstić information content (AvgIpc) is 3.04. The second-order valence-electron chi connectivity index (χ2n) is 9.68. The van der Waals surface area contributed by atoms with Crippen LogP contribution in [0.15, 0.2) is 84.1 Å². The Labute approximate surface area is 207 Å². The van der Waals surface area contributed by atoms with Crippen molar-refractivity contribution in [3.05, 3.63) is 95.2 Å². The summed E-state index contributed by atoms with van der Waals surface area (Å²) in [5, 5.41) is 7.23. The molecule has 5 rings (SSSR count). The number of methoxy groups -OCH3 is 1. The minimum atomic E-state index is -0.294. The van der Waals surface area contributed by atoms with Crippen LogP contribution in [0, 0.1) is 5.92 Å². The van der Waals surface area contributed by atoms with Crippen LogP contribution in [-0.2, 0) is 4.79 Å². The van der Waals surface area contributed by atoms with Gasteiger partial charge in [0.15, 0.2) is 5.78 Å². The van der Waals surface area contributed by atoms with Crippen LogP contribution >= 0.6 is 0 Å². The van der Waals surface area contributed by atoms with E-state index in [1.165, 1.54) is 0 Å². The van der Waals surface area contributed by atoms with Crippen molar-refractivity contribution in [2.75, 3.05) is 24.4 Å². The number of fused-ring (bicyclic) bond motifs is 1. The molecule has 5 heteroatoms. The number of carbonyl (C=O) groups is 1. The molecule has 2 aliphatic rings. The lowest BCUT2D eigenvalue weighted by molar-refractivity contribution is -0.116. The van der Waals surface area contributed by atoms with E-state index in [4.69, 9.17) is 9.47 Å². The zero-order chi connectivity index (χ0) is 24.4. The van der Waals surface area contributed by atoms with Crippen molar-refractivity contribution in [1.82, 2.24) is 0 Å². The predicted molar refractivity (Wildman–Crippen MR) is 140 cm³/mol. The predicted octanol–water partition coefficient (Wildman–Crippen LogP) is 6.71.